The van der Waals surface area contributed by atoms with Crippen molar-refractivity contribution < 1.29 is 5.11 Å². The van der Waals surface area contributed by atoms with Gasteiger partial charge in [0.25, 0.3) is 0 Å². The van der Waals surface area contributed by atoms with E-state index in [0.29, 0.717) is 6.54 Å². The molecule has 0 atom stereocenters. The summed E-state index contributed by atoms with van der Waals surface area (Å²) >= 11 is 0. The topological polar surface area (TPSA) is 72.3 Å². The second kappa shape index (κ2) is 21.2. The van der Waals surface area contributed by atoms with E-state index < -0.39 is 0 Å². The molecule has 0 spiro atoms. The molecule has 0 rings (SSSR count). The highest BCUT2D eigenvalue weighted by Gasteiger charge is 1.90. The Balaban J connectivity index is 0. The fraction of sp³-hybridized carbons (Fsp3) is 1.00. The van der Waals surface area contributed by atoms with Crippen LogP contribution in [-0.2, 0) is 0 Å². The predicted octanol–water partition coefficient (Wildman–Crippen LogP) is 2.80. The molecule has 0 aromatic heterocycles. The Bertz CT molecular complexity index is 98.4. The van der Waals surface area contributed by atoms with Crippen molar-refractivity contribution in [1.29, 1.82) is 0 Å². The quantitative estimate of drug-likeness (QED) is 0.491. The molecule has 3 heteroatoms. The lowest BCUT2D eigenvalue weighted by molar-refractivity contribution is 0.291. The zero-order chi connectivity index (χ0) is 13.2. The van der Waals surface area contributed by atoms with E-state index in [0.717, 1.165) is 13.0 Å². The van der Waals surface area contributed by atoms with Gasteiger partial charge < -0.3 is 16.6 Å². The van der Waals surface area contributed by atoms with E-state index in [4.69, 9.17) is 16.6 Å². The lowest BCUT2D eigenvalue weighted by Crippen LogP contribution is -1.99. The molecule has 0 aliphatic heterocycles. The van der Waals surface area contributed by atoms with E-state index in [9.17, 15) is 0 Å². The summed E-state index contributed by atoms with van der Waals surface area (Å²) in [6.45, 7) is 3.95. The van der Waals surface area contributed by atoms with Crippen LogP contribution in [0.25, 0.3) is 0 Å². The second-order valence-electron chi connectivity index (χ2n) is 4.48. The summed E-state index contributed by atoms with van der Waals surface area (Å²) in [7, 11) is 0. The zero-order valence-electron chi connectivity index (χ0n) is 11.8. The average Bonchev–Trinajstić information content (AvgIpc) is 2.34. The lowest BCUT2D eigenvalue weighted by Gasteiger charge is -1.99. The Kier molecular flexibility index (Phi) is 24.0. The fourth-order valence-electron chi connectivity index (χ4n) is 1.55. The molecule has 0 aliphatic carbocycles. The summed E-state index contributed by atoms with van der Waals surface area (Å²) in [6.07, 6.45) is 13.2. The SMILES string of the molecule is CCCCCCCCCCCN.NCCCO. The maximum absolute atomic E-state index is 7.99. The largest absolute Gasteiger partial charge is 0.396 e. The van der Waals surface area contributed by atoms with Gasteiger partial charge in [-0.3, -0.25) is 0 Å². The number of unbranched alkanes of at least 4 members (excludes halogenated alkanes) is 8. The molecular formula is C14H34N2O. The van der Waals surface area contributed by atoms with E-state index in [1.165, 1.54) is 57.8 Å². The van der Waals surface area contributed by atoms with Crippen molar-refractivity contribution in [3.63, 3.8) is 0 Å². The van der Waals surface area contributed by atoms with Crippen molar-refractivity contribution in [1.82, 2.24) is 0 Å². The summed E-state index contributed by atoms with van der Waals surface area (Å²) in [4.78, 5) is 0. The van der Waals surface area contributed by atoms with Crippen LogP contribution in [0.15, 0.2) is 0 Å². The van der Waals surface area contributed by atoms with Gasteiger partial charge in [0.2, 0.25) is 0 Å². The third-order valence-corrected chi connectivity index (χ3v) is 2.67. The van der Waals surface area contributed by atoms with Crippen LogP contribution in [0.2, 0.25) is 0 Å². The van der Waals surface area contributed by atoms with Crippen molar-refractivity contribution in [2.24, 2.45) is 11.5 Å². The van der Waals surface area contributed by atoms with Crippen LogP contribution >= 0.6 is 0 Å². The molecule has 0 unspecified atom stereocenters. The van der Waals surface area contributed by atoms with Crippen LogP contribution in [0.1, 0.15) is 71.1 Å². The molecule has 106 valence electrons. The highest BCUT2D eigenvalue weighted by molar-refractivity contribution is 4.46. The second-order valence-corrected chi connectivity index (χ2v) is 4.48. The van der Waals surface area contributed by atoms with Gasteiger partial charge in [-0.05, 0) is 25.9 Å². The Morgan fingerprint density at radius 1 is 0.647 bits per heavy atom. The van der Waals surface area contributed by atoms with Gasteiger partial charge in [0.15, 0.2) is 0 Å². The zero-order valence-corrected chi connectivity index (χ0v) is 11.8. The highest BCUT2D eigenvalue weighted by Crippen LogP contribution is 2.08. The molecule has 3 nitrogen and oxygen atoms in total. The van der Waals surface area contributed by atoms with E-state index in [2.05, 4.69) is 6.92 Å². The molecule has 0 fully saturated rings. The first-order chi connectivity index (χ1) is 8.33. The van der Waals surface area contributed by atoms with E-state index in [1.54, 1.807) is 0 Å². The van der Waals surface area contributed by atoms with E-state index in [-0.39, 0.29) is 6.61 Å². The minimum atomic E-state index is 0.219. The maximum atomic E-state index is 7.99. The third kappa shape index (κ3) is 25.8. The normalized spacial score (nSPS) is 9.88. The molecular weight excluding hydrogens is 212 g/mol. The number of hydrogen-bond donors (Lipinski definition) is 3. The maximum Gasteiger partial charge on any atom is 0.0443 e. The summed E-state index contributed by atoms with van der Waals surface area (Å²) in [5, 5.41) is 7.99. The Labute approximate surface area is 108 Å². The van der Waals surface area contributed by atoms with Gasteiger partial charge >= 0.3 is 0 Å². The summed E-state index contributed by atoms with van der Waals surface area (Å²) in [5.41, 5.74) is 10.4. The first kappa shape index (κ1) is 19.2. The minimum Gasteiger partial charge on any atom is -0.396 e. The van der Waals surface area contributed by atoms with Crippen molar-refractivity contribution in [2.75, 3.05) is 19.7 Å². The van der Waals surface area contributed by atoms with Crippen LogP contribution in [0.4, 0.5) is 0 Å². The van der Waals surface area contributed by atoms with Gasteiger partial charge in [0.1, 0.15) is 0 Å². The molecule has 0 aromatic carbocycles. The van der Waals surface area contributed by atoms with E-state index >= 15 is 0 Å². The van der Waals surface area contributed by atoms with Gasteiger partial charge in [-0.15, -0.1) is 0 Å². The number of nitrogens with two attached hydrogens (primary N) is 2. The van der Waals surface area contributed by atoms with E-state index in [1.807, 2.05) is 0 Å². The standard InChI is InChI=1S/C11H25N.C3H9NO/c1-2-3-4-5-6-7-8-9-10-11-12;4-2-1-3-5/h2-12H2,1H3;5H,1-4H2. The summed E-state index contributed by atoms with van der Waals surface area (Å²) in [5.74, 6) is 0. The first-order valence-electron chi connectivity index (χ1n) is 7.34. The Hall–Kier alpha value is -0.120. The molecule has 17 heavy (non-hydrogen) atoms. The van der Waals surface area contributed by atoms with Crippen LogP contribution in [0.5, 0.6) is 0 Å². The van der Waals surface area contributed by atoms with Gasteiger partial charge in [0.05, 0.1) is 0 Å². The average molecular weight is 246 g/mol. The number of aliphatic hydroxyl groups is 1. The minimum absolute atomic E-state index is 0.219. The van der Waals surface area contributed by atoms with Crippen molar-refractivity contribution in [2.45, 2.75) is 71.1 Å². The predicted molar refractivity (Wildman–Crippen MR) is 77.0 cm³/mol. The van der Waals surface area contributed by atoms with Crippen molar-refractivity contribution in [3.8, 4) is 0 Å². The third-order valence-electron chi connectivity index (χ3n) is 2.67. The fourth-order valence-corrected chi connectivity index (χ4v) is 1.55. The highest BCUT2D eigenvalue weighted by atomic mass is 16.2. The molecule has 0 heterocycles. The molecule has 0 aliphatic rings. The lowest BCUT2D eigenvalue weighted by atomic mass is 10.1. The molecule has 0 radical (unpaired) electrons. The van der Waals surface area contributed by atoms with Gasteiger partial charge in [-0.2, -0.15) is 0 Å². The number of rotatable bonds is 11. The molecule has 5 N–H and O–H groups in total. The van der Waals surface area contributed by atoms with Crippen LogP contribution < -0.4 is 11.5 Å². The molecule has 0 saturated heterocycles. The molecule has 0 saturated carbocycles. The smallest absolute Gasteiger partial charge is 0.0443 e. The Morgan fingerprint density at radius 3 is 1.35 bits per heavy atom. The first-order valence-corrected chi connectivity index (χ1v) is 7.34. The summed E-state index contributed by atoms with van der Waals surface area (Å²) < 4.78 is 0. The Morgan fingerprint density at radius 2 is 1.06 bits per heavy atom. The van der Waals surface area contributed by atoms with Gasteiger partial charge in [-0.1, -0.05) is 58.3 Å². The monoisotopic (exact) mass is 246 g/mol. The molecule has 0 amide bonds. The van der Waals surface area contributed by atoms with Crippen LogP contribution in [0.3, 0.4) is 0 Å². The summed E-state index contributed by atoms with van der Waals surface area (Å²) in [6, 6.07) is 0. The number of hydrogen-bond acceptors (Lipinski definition) is 3. The molecule has 0 bridgehead atoms. The molecule has 0 aromatic rings. The number of aliphatic hydroxyl groups excluding tert-OH is 1. The van der Waals surface area contributed by atoms with Crippen LogP contribution in [-0.4, -0.2) is 24.8 Å². The van der Waals surface area contributed by atoms with Crippen molar-refractivity contribution >= 4 is 0 Å². The van der Waals surface area contributed by atoms with Crippen molar-refractivity contribution in [3.05, 3.63) is 0 Å². The van der Waals surface area contributed by atoms with Crippen LogP contribution in [0, 0.1) is 0 Å². The van der Waals surface area contributed by atoms with Gasteiger partial charge in [-0.25, -0.2) is 0 Å². The van der Waals surface area contributed by atoms with Gasteiger partial charge in [0, 0.05) is 6.61 Å².